The summed E-state index contributed by atoms with van der Waals surface area (Å²) in [6.07, 6.45) is 5.52. The molecule has 0 bridgehead atoms. The van der Waals surface area contributed by atoms with E-state index in [1.807, 2.05) is 30.3 Å². The van der Waals surface area contributed by atoms with E-state index in [4.69, 9.17) is 0 Å². The highest BCUT2D eigenvalue weighted by Gasteiger charge is 2.31. The first-order valence-electron chi connectivity index (χ1n) is 12.3. The third-order valence-electron chi connectivity index (χ3n) is 6.57. The SMILES string of the molecule is CC(=O)c1cccc(N(CC(=O)N(CCc2ccccc2)C(C)C(=O)NC2CCCC2)S(C)(=O)=O)c1. The molecule has 9 heteroatoms. The Morgan fingerprint density at radius 1 is 1.03 bits per heavy atom. The normalized spacial score (nSPS) is 14.8. The maximum absolute atomic E-state index is 13.6. The first-order chi connectivity index (χ1) is 17.1. The highest BCUT2D eigenvalue weighted by Crippen LogP contribution is 2.21. The van der Waals surface area contributed by atoms with E-state index < -0.39 is 28.5 Å². The predicted molar refractivity (Wildman–Crippen MR) is 140 cm³/mol. The largest absolute Gasteiger partial charge is 0.352 e. The zero-order chi connectivity index (χ0) is 26.3. The molecular weight excluding hydrogens is 478 g/mol. The number of rotatable bonds is 11. The molecule has 1 aliphatic rings. The van der Waals surface area contributed by atoms with Gasteiger partial charge in [-0.15, -0.1) is 0 Å². The summed E-state index contributed by atoms with van der Waals surface area (Å²) in [6.45, 7) is 2.85. The molecule has 0 aromatic heterocycles. The van der Waals surface area contributed by atoms with Crippen molar-refractivity contribution in [3.63, 3.8) is 0 Å². The lowest BCUT2D eigenvalue weighted by atomic mass is 10.1. The van der Waals surface area contributed by atoms with E-state index in [0.717, 1.165) is 41.8 Å². The van der Waals surface area contributed by atoms with Gasteiger partial charge in [-0.2, -0.15) is 0 Å². The van der Waals surface area contributed by atoms with Crippen LogP contribution in [0.1, 0.15) is 55.5 Å². The molecule has 0 heterocycles. The second kappa shape index (κ2) is 12.2. The van der Waals surface area contributed by atoms with E-state index in [9.17, 15) is 22.8 Å². The number of hydrogen-bond donors (Lipinski definition) is 1. The van der Waals surface area contributed by atoms with Crippen LogP contribution in [0.3, 0.4) is 0 Å². The van der Waals surface area contributed by atoms with Crippen molar-refractivity contribution in [3.8, 4) is 0 Å². The number of sulfonamides is 1. The minimum atomic E-state index is -3.85. The highest BCUT2D eigenvalue weighted by molar-refractivity contribution is 7.92. The zero-order valence-electron chi connectivity index (χ0n) is 21.1. The van der Waals surface area contributed by atoms with Gasteiger partial charge in [0.2, 0.25) is 21.8 Å². The topological polar surface area (TPSA) is 104 Å². The fourth-order valence-electron chi connectivity index (χ4n) is 4.46. The van der Waals surface area contributed by atoms with Crippen molar-refractivity contribution in [2.75, 3.05) is 23.7 Å². The number of nitrogens with one attached hydrogen (secondary N) is 1. The molecule has 1 unspecified atom stereocenters. The summed E-state index contributed by atoms with van der Waals surface area (Å²) in [5, 5.41) is 3.05. The van der Waals surface area contributed by atoms with Crippen LogP contribution in [0.4, 0.5) is 5.69 Å². The van der Waals surface area contributed by atoms with E-state index in [0.29, 0.717) is 12.0 Å². The molecule has 1 saturated carbocycles. The fraction of sp³-hybridized carbons (Fsp3) is 0.444. The van der Waals surface area contributed by atoms with Gasteiger partial charge < -0.3 is 10.2 Å². The number of carbonyl (C=O) groups is 3. The van der Waals surface area contributed by atoms with Crippen LogP contribution in [-0.2, 0) is 26.0 Å². The van der Waals surface area contributed by atoms with Gasteiger partial charge in [-0.25, -0.2) is 8.42 Å². The maximum Gasteiger partial charge on any atom is 0.244 e. The van der Waals surface area contributed by atoms with E-state index in [2.05, 4.69) is 5.32 Å². The second-order valence-electron chi connectivity index (χ2n) is 9.36. The van der Waals surface area contributed by atoms with Gasteiger partial charge in [0.25, 0.3) is 0 Å². The molecule has 36 heavy (non-hydrogen) atoms. The number of carbonyl (C=O) groups excluding carboxylic acids is 3. The van der Waals surface area contributed by atoms with Crippen molar-refractivity contribution in [3.05, 3.63) is 65.7 Å². The molecule has 1 atom stereocenters. The van der Waals surface area contributed by atoms with Gasteiger partial charge in [0.15, 0.2) is 5.78 Å². The molecule has 2 amide bonds. The Kier molecular flexibility index (Phi) is 9.25. The number of amides is 2. The predicted octanol–water partition coefficient (Wildman–Crippen LogP) is 3.17. The number of ketones is 1. The molecule has 8 nitrogen and oxygen atoms in total. The lowest BCUT2D eigenvalue weighted by Gasteiger charge is -2.32. The van der Waals surface area contributed by atoms with Crippen LogP contribution in [0.25, 0.3) is 0 Å². The first-order valence-corrected chi connectivity index (χ1v) is 14.1. The Hall–Kier alpha value is -3.20. The Labute approximate surface area is 213 Å². The number of nitrogens with zero attached hydrogens (tertiary/aromatic N) is 2. The smallest absolute Gasteiger partial charge is 0.244 e. The summed E-state index contributed by atoms with van der Waals surface area (Å²) >= 11 is 0. The van der Waals surface area contributed by atoms with E-state index in [1.165, 1.54) is 17.9 Å². The van der Waals surface area contributed by atoms with E-state index in [-0.39, 0.29) is 30.0 Å². The van der Waals surface area contributed by atoms with Gasteiger partial charge in [0, 0.05) is 18.2 Å². The summed E-state index contributed by atoms with van der Waals surface area (Å²) in [4.78, 5) is 39.9. The minimum Gasteiger partial charge on any atom is -0.352 e. The average Bonchev–Trinajstić information content (AvgIpc) is 3.35. The lowest BCUT2D eigenvalue weighted by molar-refractivity contribution is -0.139. The van der Waals surface area contributed by atoms with E-state index in [1.54, 1.807) is 25.1 Å². The van der Waals surface area contributed by atoms with Gasteiger partial charge in [0.1, 0.15) is 12.6 Å². The molecule has 3 rings (SSSR count). The molecule has 0 saturated heterocycles. The molecule has 1 aliphatic carbocycles. The van der Waals surface area contributed by atoms with Gasteiger partial charge in [-0.05, 0) is 50.8 Å². The molecule has 1 fully saturated rings. The Morgan fingerprint density at radius 3 is 2.31 bits per heavy atom. The van der Waals surface area contributed by atoms with Crippen LogP contribution in [0.2, 0.25) is 0 Å². The Morgan fingerprint density at radius 2 is 1.69 bits per heavy atom. The van der Waals surface area contributed by atoms with Crippen molar-refractivity contribution < 1.29 is 22.8 Å². The molecule has 2 aromatic rings. The van der Waals surface area contributed by atoms with Crippen molar-refractivity contribution in [2.24, 2.45) is 0 Å². The summed E-state index contributed by atoms with van der Waals surface area (Å²) in [7, 11) is -3.85. The Bertz CT molecular complexity index is 1180. The van der Waals surface area contributed by atoms with Crippen molar-refractivity contribution in [1.29, 1.82) is 0 Å². The van der Waals surface area contributed by atoms with Gasteiger partial charge in [-0.3, -0.25) is 18.7 Å². The van der Waals surface area contributed by atoms with Gasteiger partial charge >= 0.3 is 0 Å². The van der Waals surface area contributed by atoms with Crippen LogP contribution >= 0.6 is 0 Å². The summed E-state index contributed by atoms with van der Waals surface area (Å²) in [5.41, 5.74) is 1.58. The molecule has 194 valence electrons. The zero-order valence-corrected chi connectivity index (χ0v) is 22.0. The average molecular weight is 514 g/mol. The second-order valence-corrected chi connectivity index (χ2v) is 11.3. The quantitative estimate of drug-likeness (QED) is 0.465. The fourth-order valence-corrected chi connectivity index (χ4v) is 5.30. The van der Waals surface area contributed by atoms with Crippen LogP contribution in [-0.4, -0.2) is 62.3 Å². The first kappa shape index (κ1) is 27.4. The molecule has 2 aromatic carbocycles. The molecule has 0 spiro atoms. The number of benzene rings is 2. The van der Waals surface area contributed by atoms with Crippen LogP contribution < -0.4 is 9.62 Å². The summed E-state index contributed by atoms with van der Waals surface area (Å²) in [6, 6.07) is 15.1. The maximum atomic E-state index is 13.6. The van der Waals surface area contributed by atoms with Crippen LogP contribution in [0, 0.1) is 0 Å². The number of Topliss-reactive ketones (excluding diaryl/α,β-unsaturated/α-hetero) is 1. The number of anilines is 1. The Balaban J connectivity index is 1.85. The highest BCUT2D eigenvalue weighted by atomic mass is 32.2. The van der Waals surface area contributed by atoms with Crippen LogP contribution in [0.15, 0.2) is 54.6 Å². The standard InChI is InChI=1S/C27H35N3O5S/c1-20(27(33)28-24-13-7-8-14-24)29(17-16-22-10-5-4-6-11-22)26(32)19-30(36(3,34)35)25-15-9-12-23(18-25)21(2)31/h4-6,9-12,15,18,20,24H,7-8,13-14,16-17,19H2,1-3H3,(H,28,33). The monoisotopic (exact) mass is 513 g/mol. The molecule has 0 radical (unpaired) electrons. The van der Waals surface area contributed by atoms with Crippen LogP contribution in [0.5, 0.6) is 0 Å². The third kappa shape index (κ3) is 7.40. The molecule has 0 aliphatic heterocycles. The van der Waals surface area contributed by atoms with Crippen molar-refractivity contribution in [2.45, 2.75) is 58.0 Å². The lowest BCUT2D eigenvalue weighted by Crippen LogP contribution is -2.53. The minimum absolute atomic E-state index is 0.105. The summed E-state index contributed by atoms with van der Waals surface area (Å²) < 4.78 is 26.3. The van der Waals surface area contributed by atoms with Crippen molar-refractivity contribution in [1.82, 2.24) is 10.2 Å². The molecular formula is C27H35N3O5S. The van der Waals surface area contributed by atoms with Gasteiger partial charge in [0.05, 0.1) is 11.9 Å². The number of hydrogen-bond acceptors (Lipinski definition) is 5. The summed E-state index contributed by atoms with van der Waals surface area (Å²) in [5.74, 6) is -0.940. The van der Waals surface area contributed by atoms with E-state index >= 15 is 0 Å². The van der Waals surface area contributed by atoms with Crippen molar-refractivity contribution >= 4 is 33.3 Å². The molecule has 1 N–H and O–H groups in total. The van der Waals surface area contributed by atoms with Gasteiger partial charge in [-0.1, -0.05) is 55.3 Å². The third-order valence-corrected chi connectivity index (χ3v) is 7.71.